The van der Waals surface area contributed by atoms with Crippen molar-refractivity contribution in [3.63, 3.8) is 0 Å². The van der Waals surface area contributed by atoms with Gasteiger partial charge in [-0.05, 0) is 56.2 Å². The van der Waals surface area contributed by atoms with Crippen LogP contribution in [0.2, 0.25) is 0 Å². The van der Waals surface area contributed by atoms with Crippen molar-refractivity contribution in [2.24, 2.45) is 0 Å². The Morgan fingerprint density at radius 2 is 1.94 bits per heavy atom. The van der Waals surface area contributed by atoms with E-state index in [2.05, 4.69) is 16.0 Å². The molecular weight excluding hydrogens is 436 g/mol. The fourth-order valence-corrected chi connectivity index (χ4v) is 4.10. The van der Waals surface area contributed by atoms with Gasteiger partial charge in [-0.1, -0.05) is 35.6 Å². The van der Waals surface area contributed by atoms with E-state index in [1.807, 2.05) is 74.0 Å². The Hall–Kier alpha value is -3.65. The van der Waals surface area contributed by atoms with Gasteiger partial charge < -0.3 is 14.0 Å². The Bertz CT molecular complexity index is 1210. The van der Waals surface area contributed by atoms with Crippen LogP contribution in [0.15, 0.2) is 73.4 Å². The number of amides is 1. The van der Waals surface area contributed by atoms with Crippen LogP contribution < -0.4 is 9.64 Å². The molecule has 0 aliphatic heterocycles. The van der Waals surface area contributed by atoms with Crippen molar-refractivity contribution in [1.29, 1.82) is 0 Å². The van der Waals surface area contributed by atoms with Crippen LogP contribution in [0, 0.1) is 0 Å². The van der Waals surface area contributed by atoms with Gasteiger partial charge in [-0.3, -0.25) is 0 Å². The number of ether oxygens (including phenoxy) is 2. The van der Waals surface area contributed by atoms with Crippen molar-refractivity contribution >= 4 is 22.6 Å². The van der Waals surface area contributed by atoms with E-state index in [-0.39, 0.29) is 0 Å². The number of nitrogens with zero attached hydrogens (tertiary/aromatic N) is 4. The van der Waals surface area contributed by atoms with Gasteiger partial charge in [0.05, 0.1) is 24.9 Å². The molecule has 0 atom stereocenters. The smallest absolute Gasteiger partial charge is 0.416 e. The van der Waals surface area contributed by atoms with Crippen molar-refractivity contribution in [3.05, 3.63) is 79.0 Å². The van der Waals surface area contributed by atoms with Crippen molar-refractivity contribution in [3.8, 4) is 21.9 Å². The molecule has 0 saturated heterocycles. The molecule has 4 aromatic rings. The Morgan fingerprint density at radius 3 is 2.61 bits per heavy atom. The van der Waals surface area contributed by atoms with Gasteiger partial charge in [-0.15, -0.1) is 0 Å². The summed E-state index contributed by atoms with van der Waals surface area (Å²) in [5.41, 5.74) is 2.34. The van der Waals surface area contributed by atoms with Gasteiger partial charge in [0.25, 0.3) is 0 Å². The molecule has 0 aliphatic carbocycles. The summed E-state index contributed by atoms with van der Waals surface area (Å²) < 4.78 is 12.9. The van der Waals surface area contributed by atoms with Crippen molar-refractivity contribution in [2.45, 2.75) is 32.9 Å². The van der Waals surface area contributed by atoms with E-state index in [1.54, 1.807) is 30.7 Å². The normalized spacial score (nSPS) is 11.3. The number of carbonyl (C=O) groups is 1. The lowest BCUT2D eigenvalue weighted by atomic mass is 10.2. The second-order valence-electron chi connectivity index (χ2n) is 8.44. The fourth-order valence-electron chi connectivity index (χ4n) is 3.20. The van der Waals surface area contributed by atoms with Crippen molar-refractivity contribution in [2.75, 3.05) is 12.0 Å². The number of carbonyl (C=O) groups excluding carboxylic acids is 1. The van der Waals surface area contributed by atoms with Crippen LogP contribution >= 0.6 is 11.3 Å². The van der Waals surface area contributed by atoms with Gasteiger partial charge in [0.2, 0.25) is 0 Å². The minimum atomic E-state index is -0.617. The van der Waals surface area contributed by atoms with Crippen molar-refractivity contribution in [1.82, 2.24) is 14.5 Å². The quantitative estimate of drug-likeness (QED) is 0.354. The van der Waals surface area contributed by atoms with Gasteiger partial charge in [0.15, 0.2) is 5.13 Å². The standard InChI is InChI=1S/C25H26N4O3S/c1-25(2,3)32-24(30)29(16-18-8-10-21(31-4)11-9-18)23-27-15-22(33-23)19-6-5-7-20(14-19)28-13-12-26-17-28/h5-15,17H,16H2,1-4H3. The Morgan fingerprint density at radius 1 is 1.15 bits per heavy atom. The molecule has 0 saturated carbocycles. The third-order valence-corrected chi connectivity index (χ3v) is 5.84. The first-order valence-electron chi connectivity index (χ1n) is 10.5. The molecule has 0 spiro atoms. The second kappa shape index (κ2) is 9.46. The molecule has 2 aromatic carbocycles. The molecule has 0 bridgehead atoms. The summed E-state index contributed by atoms with van der Waals surface area (Å²) in [5, 5.41) is 0.572. The van der Waals surface area contributed by atoms with E-state index in [1.165, 1.54) is 11.3 Å². The number of thiazole rings is 1. The van der Waals surface area contributed by atoms with Gasteiger partial charge >= 0.3 is 6.09 Å². The number of methoxy groups -OCH3 is 1. The molecule has 170 valence electrons. The molecule has 0 aliphatic rings. The number of hydrogen-bond acceptors (Lipinski definition) is 6. The highest BCUT2D eigenvalue weighted by molar-refractivity contribution is 7.19. The number of benzene rings is 2. The molecule has 0 N–H and O–H groups in total. The molecule has 0 radical (unpaired) electrons. The summed E-state index contributed by atoms with van der Waals surface area (Å²) in [6.45, 7) is 5.89. The molecule has 2 heterocycles. The van der Waals surface area contributed by atoms with Gasteiger partial charge in [0.1, 0.15) is 11.4 Å². The van der Waals surface area contributed by atoms with Crippen molar-refractivity contribution < 1.29 is 14.3 Å². The number of aromatic nitrogens is 3. The summed E-state index contributed by atoms with van der Waals surface area (Å²) in [6, 6.07) is 15.7. The highest BCUT2D eigenvalue weighted by Crippen LogP contribution is 2.33. The SMILES string of the molecule is COc1ccc(CN(C(=O)OC(C)(C)C)c2ncc(-c3cccc(-n4ccnc4)c3)s2)cc1. The van der Waals surface area contributed by atoms with E-state index in [0.29, 0.717) is 11.7 Å². The molecular formula is C25H26N4O3S. The number of hydrogen-bond donors (Lipinski definition) is 0. The van der Waals surface area contributed by atoms with Crippen LogP contribution in [-0.2, 0) is 11.3 Å². The van der Waals surface area contributed by atoms with Crippen LogP contribution in [0.5, 0.6) is 5.75 Å². The molecule has 4 rings (SSSR count). The predicted octanol–water partition coefficient (Wildman–Crippen LogP) is 5.95. The Balaban J connectivity index is 1.63. The number of rotatable bonds is 6. The molecule has 0 unspecified atom stereocenters. The lowest BCUT2D eigenvalue weighted by molar-refractivity contribution is 0.0577. The molecule has 0 fully saturated rings. The lowest BCUT2D eigenvalue weighted by Gasteiger charge is -2.26. The zero-order valence-electron chi connectivity index (χ0n) is 19.1. The molecule has 2 aromatic heterocycles. The average Bonchev–Trinajstić information content (AvgIpc) is 3.49. The molecule has 1 amide bonds. The minimum Gasteiger partial charge on any atom is -0.497 e. The third-order valence-electron chi connectivity index (χ3n) is 4.77. The van der Waals surface area contributed by atoms with Gasteiger partial charge in [-0.2, -0.15) is 0 Å². The van der Waals surface area contributed by atoms with Crippen LogP contribution in [0.1, 0.15) is 26.3 Å². The largest absolute Gasteiger partial charge is 0.497 e. The summed E-state index contributed by atoms with van der Waals surface area (Å²) >= 11 is 1.45. The van der Waals surface area contributed by atoms with Gasteiger partial charge in [0, 0.05) is 24.3 Å². The Kier molecular flexibility index (Phi) is 6.46. The second-order valence-corrected chi connectivity index (χ2v) is 9.45. The lowest BCUT2D eigenvalue weighted by Crippen LogP contribution is -2.36. The predicted molar refractivity (Wildman–Crippen MR) is 130 cm³/mol. The molecule has 8 heteroatoms. The van der Waals surface area contributed by atoms with E-state index in [9.17, 15) is 4.79 Å². The summed E-state index contributed by atoms with van der Waals surface area (Å²) in [6.07, 6.45) is 6.76. The van der Waals surface area contributed by atoms with E-state index in [4.69, 9.17) is 9.47 Å². The maximum Gasteiger partial charge on any atom is 0.416 e. The van der Waals surface area contributed by atoms with Crippen LogP contribution in [0.3, 0.4) is 0 Å². The summed E-state index contributed by atoms with van der Waals surface area (Å²) in [4.78, 5) is 24.3. The highest BCUT2D eigenvalue weighted by atomic mass is 32.1. The maximum absolute atomic E-state index is 13.1. The first-order valence-corrected chi connectivity index (χ1v) is 11.3. The topological polar surface area (TPSA) is 69.5 Å². The summed E-state index contributed by atoms with van der Waals surface area (Å²) in [7, 11) is 1.63. The maximum atomic E-state index is 13.1. The monoisotopic (exact) mass is 462 g/mol. The van der Waals surface area contributed by atoms with E-state index >= 15 is 0 Å². The van der Waals surface area contributed by atoms with E-state index < -0.39 is 11.7 Å². The average molecular weight is 463 g/mol. The summed E-state index contributed by atoms with van der Waals surface area (Å²) in [5.74, 6) is 0.761. The first-order chi connectivity index (χ1) is 15.8. The molecule has 33 heavy (non-hydrogen) atoms. The fraction of sp³-hybridized carbons (Fsp3) is 0.240. The zero-order chi connectivity index (χ0) is 23.4. The van der Waals surface area contributed by atoms with Crippen LogP contribution in [0.25, 0.3) is 16.1 Å². The van der Waals surface area contributed by atoms with Gasteiger partial charge in [-0.25, -0.2) is 19.7 Å². The van der Waals surface area contributed by atoms with Crippen LogP contribution in [-0.4, -0.2) is 33.3 Å². The zero-order valence-corrected chi connectivity index (χ0v) is 19.9. The number of imidazole rings is 1. The Labute approximate surface area is 197 Å². The molecule has 7 nitrogen and oxygen atoms in total. The highest BCUT2D eigenvalue weighted by Gasteiger charge is 2.26. The van der Waals surface area contributed by atoms with Crippen LogP contribution in [0.4, 0.5) is 9.93 Å². The first kappa shape index (κ1) is 22.5. The van der Waals surface area contributed by atoms with E-state index in [0.717, 1.165) is 27.4 Å². The third kappa shape index (κ3) is 5.59. The number of anilines is 1. The minimum absolute atomic E-state index is 0.334.